The predicted molar refractivity (Wildman–Crippen MR) is 67.2 cm³/mol. The van der Waals surface area contributed by atoms with Gasteiger partial charge in [-0.3, -0.25) is 4.79 Å². The molecule has 87 valence electrons. The lowest BCUT2D eigenvalue weighted by atomic mass is 10.1. The van der Waals surface area contributed by atoms with E-state index in [9.17, 15) is 4.79 Å². The van der Waals surface area contributed by atoms with E-state index in [1.54, 1.807) is 30.3 Å². The lowest BCUT2D eigenvalue weighted by molar-refractivity contribution is 0.0824. The molecule has 2 aromatic carbocycles. The number of hydrogen-bond acceptors (Lipinski definition) is 2. The van der Waals surface area contributed by atoms with Gasteiger partial charge in [-0.1, -0.05) is 42.5 Å². The Hall–Kier alpha value is -2.60. The Morgan fingerprint density at radius 3 is 2.50 bits per heavy atom. The maximum Gasteiger partial charge on any atom is 0.267 e. The Bertz CT molecular complexity index is 558. The van der Waals surface area contributed by atoms with Crippen LogP contribution >= 0.6 is 0 Å². The minimum absolute atomic E-state index is 0.241. The Balaban J connectivity index is 2.16. The van der Waals surface area contributed by atoms with Crippen LogP contribution in [0.25, 0.3) is 0 Å². The van der Waals surface area contributed by atoms with Crippen LogP contribution in [0.1, 0.15) is 15.9 Å². The molecule has 0 aliphatic rings. The molecule has 1 amide bonds. The van der Waals surface area contributed by atoms with Gasteiger partial charge in [0.05, 0.1) is 6.54 Å². The summed E-state index contributed by atoms with van der Waals surface area (Å²) in [5, 5.41) is 9.06. The molecule has 2 aromatic rings. The summed E-state index contributed by atoms with van der Waals surface area (Å²) in [4.78, 5) is 13.2. The summed E-state index contributed by atoms with van der Waals surface area (Å²) < 4.78 is 0. The van der Waals surface area contributed by atoms with Crippen LogP contribution < -0.4 is 0 Å². The van der Waals surface area contributed by atoms with Gasteiger partial charge in [0.2, 0.25) is 0 Å². The second-order valence-corrected chi connectivity index (χ2v) is 3.75. The van der Waals surface area contributed by atoms with Crippen molar-refractivity contribution in [3.63, 3.8) is 0 Å². The van der Waals surface area contributed by atoms with E-state index in [1.165, 1.54) is 0 Å². The highest BCUT2D eigenvalue weighted by atomic mass is 16.2. The van der Waals surface area contributed by atoms with Crippen molar-refractivity contribution in [2.24, 2.45) is 0 Å². The highest BCUT2D eigenvalue weighted by Gasteiger charge is 2.15. The van der Waals surface area contributed by atoms with Gasteiger partial charge in [-0.05, 0) is 23.8 Å². The van der Waals surface area contributed by atoms with Gasteiger partial charge in [0.1, 0.15) is 0 Å². The monoisotopic (exact) mass is 235 g/mol. The van der Waals surface area contributed by atoms with Crippen molar-refractivity contribution in [2.75, 3.05) is 0 Å². The molecule has 0 heterocycles. The first kappa shape index (κ1) is 11.9. The molecular weight excluding hydrogens is 224 g/mol. The maximum atomic E-state index is 12.1. The molecule has 0 unspecified atom stereocenters. The van der Waals surface area contributed by atoms with E-state index in [0.29, 0.717) is 5.56 Å². The van der Waals surface area contributed by atoms with E-state index in [0.717, 1.165) is 10.5 Å². The molecule has 0 aromatic heterocycles. The molecule has 1 radical (unpaired) electrons. The minimum atomic E-state index is -0.296. The van der Waals surface area contributed by atoms with Gasteiger partial charge in [0.25, 0.3) is 5.91 Å². The second kappa shape index (κ2) is 5.65. The van der Waals surface area contributed by atoms with Crippen LogP contribution in [0, 0.1) is 17.5 Å². The van der Waals surface area contributed by atoms with Crippen molar-refractivity contribution in [2.45, 2.75) is 6.54 Å². The molecule has 0 spiro atoms. The average Bonchev–Trinajstić information content (AvgIpc) is 2.46. The molecule has 3 nitrogen and oxygen atoms in total. The number of amides is 1. The molecule has 18 heavy (non-hydrogen) atoms. The fourth-order valence-corrected chi connectivity index (χ4v) is 1.59. The summed E-state index contributed by atoms with van der Waals surface area (Å²) in [5.74, 6) is -0.296. The number of nitrogens with zero attached hydrogens (tertiary/aromatic N) is 2. The molecule has 0 fully saturated rings. The Morgan fingerprint density at radius 2 is 1.89 bits per heavy atom. The number of rotatable bonds is 3. The third kappa shape index (κ3) is 2.74. The Labute approximate surface area is 106 Å². The van der Waals surface area contributed by atoms with E-state index in [4.69, 9.17) is 5.26 Å². The van der Waals surface area contributed by atoms with Gasteiger partial charge in [-0.25, -0.2) is 4.90 Å². The van der Waals surface area contributed by atoms with E-state index in [1.807, 2.05) is 30.5 Å². The molecule has 0 aliphatic carbocycles. The molecule has 3 heteroatoms. The summed E-state index contributed by atoms with van der Waals surface area (Å²) in [6, 6.07) is 19.1. The fraction of sp³-hybridized carbons (Fsp3) is 0.0667. The van der Waals surface area contributed by atoms with Gasteiger partial charge < -0.3 is 0 Å². The summed E-state index contributed by atoms with van der Waals surface area (Å²) in [7, 11) is 0. The molecule has 0 saturated carbocycles. The van der Waals surface area contributed by atoms with E-state index in [2.05, 4.69) is 6.07 Å². The van der Waals surface area contributed by atoms with Crippen molar-refractivity contribution in [3.05, 3.63) is 71.8 Å². The lowest BCUT2D eigenvalue weighted by Crippen LogP contribution is -2.25. The molecule has 0 N–H and O–H groups in total. The smallest absolute Gasteiger partial charge is 0.267 e. The average molecular weight is 235 g/mol. The zero-order valence-electron chi connectivity index (χ0n) is 9.71. The first-order valence-corrected chi connectivity index (χ1v) is 5.53. The van der Waals surface area contributed by atoms with Crippen LogP contribution in [0.2, 0.25) is 0 Å². The summed E-state index contributed by atoms with van der Waals surface area (Å²) in [5.41, 5.74) is 1.32. The van der Waals surface area contributed by atoms with Gasteiger partial charge in [0.15, 0.2) is 6.19 Å². The number of carbonyl (C=O) groups excluding carboxylic acids is 1. The van der Waals surface area contributed by atoms with Crippen LogP contribution in [0.3, 0.4) is 0 Å². The van der Waals surface area contributed by atoms with Crippen LogP contribution in [-0.4, -0.2) is 10.8 Å². The zero-order valence-corrected chi connectivity index (χ0v) is 9.71. The summed E-state index contributed by atoms with van der Waals surface area (Å²) in [6.07, 6.45) is 1.91. The quantitative estimate of drug-likeness (QED) is 0.606. The number of carbonyl (C=O) groups is 1. The van der Waals surface area contributed by atoms with Crippen molar-refractivity contribution in [3.8, 4) is 6.19 Å². The van der Waals surface area contributed by atoms with E-state index >= 15 is 0 Å². The largest absolute Gasteiger partial charge is 0.268 e. The van der Waals surface area contributed by atoms with Crippen LogP contribution in [0.4, 0.5) is 0 Å². The van der Waals surface area contributed by atoms with E-state index in [-0.39, 0.29) is 12.5 Å². The van der Waals surface area contributed by atoms with Crippen molar-refractivity contribution >= 4 is 5.91 Å². The predicted octanol–water partition coefficient (Wildman–Crippen LogP) is 2.61. The van der Waals surface area contributed by atoms with Crippen molar-refractivity contribution in [1.29, 1.82) is 5.26 Å². The van der Waals surface area contributed by atoms with E-state index < -0.39 is 0 Å². The normalized spacial score (nSPS) is 9.50. The highest BCUT2D eigenvalue weighted by molar-refractivity contribution is 5.95. The number of nitriles is 1. The highest BCUT2D eigenvalue weighted by Crippen LogP contribution is 2.08. The summed E-state index contributed by atoms with van der Waals surface area (Å²) in [6.45, 7) is 0.241. The van der Waals surface area contributed by atoms with Gasteiger partial charge >= 0.3 is 0 Å². The molecular formula is C15H11N2O. The minimum Gasteiger partial charge on any atom is -0.268 e. The van der Waals surface area contributed by atoms with Crippen molar-refractivity contribution < 1.29 is 4.79 Å². The third-order valence-corrected chi connectivity index (χ3v) is 2.49. The molecule has 0 aliphatic heterocycles. The first-order chi connectivity index (χ1) is 8.81. The fourth-order valence-electron chi connectivity index (χ4n) is 1.59. The van der Waals surface area contributed by atoms with Crippen LogP contribution in [0.5, 0.6) is 0 Å². The maximum absolute atomic E-state index is 12.1. The third-order valence-electron chi connectivity index (χ3n) is 2.49. The number of hydrogen-bond donors (Lipinski definition) is 0. The van der Waals surface area contributed by atoms with Crippen molar-refractivity contribution in [1.82, 2.24) is 4.90 Å². The van der Waals surface area contributed by atoms with Gasteiger partial charge in [-0.15, -0.1) is 0 Å². The Kier molecular flexibility index (Phi) is 3.72. The lowest BCUT2D eigenvalue weighted by Gasteiger charge is -2.13. The molecule has 0 atom stereocenters. The second-order valence-electron chi connectivity index (χ2n) is 3.75. The topological polar surface area (TPSA) is 44.1 Å². The molecule has 0 saturated heterocycles. The standard InChI is InChI=1S/C15H11N2O/c16-12-17(11-13-7-3-1-4-8-13)15(18)14-9-5-2-6-10-14/h1-7,9-10H,11H2. The molecule has 2 rings (SSSR count). The zero-order chi connectivity index (χ0) is 12.8. The van der Waals surface area contributed by atoms with Gasteiger partial charge in [0, 0.05) is 5.56 Å². The Morgan fingerprint density at radius 1 is 1.17 bits per heavy atom. The SMILES string of the molecule is N#CN(Cc1[c]cccc1)C(=O)c1ccccc1. The van der Waals surface area contributed by atoms with Crippen LogP contribution in [0.15, 0.2) is 54.6 Å². The number of benzene rings is 2. The molecule has 0 bridgehead atoms. The van der Waals surface area contributed by atoms with Crippen LogP contribution in [-0.2, 0) is 6.54 Å². The summed E-state index contributed by atoms with van der Waals surface area (Å²) >= 11 is 0. The van der Waals surface area contributed by atoms with Gasteiger partial charge in [-0.2, -0.15) is 5.26 Å². The first-order valence-electron chi connectivity index (χ1n) is 5.53.